The number of rotatable bonds is 5. The van der Waals surface area contributed by atoms with Crippen LogP contribution in [0.1, 0.15) is 72.1 Å². The molecule has 0 aromatic carbocycles. The summed E-state index contributed by atoms with van der Waals surface area (Å²) in [6.45, 7) is 8.00. The van der Waals surface area contributed by atoms with Gasteiger partial charge in [-0.1, -0.05) is 13.8 Å². The molecular weight excluding hydrogens is 452 g/mol. The zero-order valence-corrected chi connectivity index (χ0v) is 22.3. The predicted octanol–water partition coefficient (Wildman–Crippen LogP) is 4.68. The summed E-state index contributed by atoms with van der Waals surface area (Å²) < 4.78 is 5.80. The molecule has 0 bridgehead atoms. The van der Waals surface area contributed by atoms with Gasteiger partial charge in [-0.3, -0.25) is 9.78 Å². The number of hydrogen-bond acceptors (Lipinski definition) is 6. The Morgan fingerprint density at radius 2 is 1.86 bits per heavy atom. The van der Waals surface area contributed by atoms with Crippen molar-refractivity contribution in [3.05, 3.63) is 18.5 Å². The molecule has 4 saturated carbocycles. The van der Waals surface area contributed by atoms with E-state index >= 15 is 0 Å². The minimum atomic E-state index is -0.538. The standard InChI is InChI=1S/C29H42N4O3/c1-27(35)10-11-28(2)19(14-27)13-18(17-36-4)26-21-6-5-20(29(21,3)9-7-22(26)28)25(34)16-33-31-23-8-12-30-15-24(23)32-33/h8,12,15,18-22,26,35H,5-7,9-11,13-14,16-17H2,1-4H3/t18-,19+,20-,21+,22+,26+,27-,28+,29-/m1/s1. The molecule has 1 N–H and O–H groups in total. The van der Waals surface area contributed by atoms with Crippen LogP contribution in [-0.2, 0) is 16.1 Å². The lowest BCUT2D eigenvalue weighted by molar-refractivity contribution is -0.175. The first-order valence-corrected chi connectivity index (χ1v) is 14.0. The Morgan fingerprint density at radius 3 is 2.64 bits per heavy atom. The van der Waals surface area contributed by atoms with Gasteiger partial charge in [0.25, 0.3) is 0 Å². The number of nitrogens with zero attached hydrogens (tertiary/aromatic N) is 4. The highest BCUT2D eigenvalue weighted by molar-refractivity contribution is 5.82. The summed E-state index contributed by atoms with van der Waals surface area (Å²) in [5.41, 5.74) is 1.30. The highest BCUT2D eigenvalue weighted by Crippen LogP contribution is 2.69. The van der Waals surface area contributed by atoms with Gasteiger partial charge in [0.2, 0.25) is 0 Å². The average molecular weight is 495 g/mol. The second kappa shape index (κ2) is 8.59. The Balaban J connectivity index is 1.26. The molecule has 9 atom stereocenters. The van der Waals surface area contributed by atoms with Gasteiger partial charge in [0.05, 0.1) is 11.8 Å². The molecule has 0 saturated heterocycles. The van der Waals surface area contributed by atoms with Crippen molar-refractivity contribution in [1.29, 1.82) is 0 Å². The molecule has 2 heterocycles. The van der Waals surface area contributed by atoms with Crippen molar-refractivity contribution >= 4 is 16.8 Å². The van der Waals surface area contributed by atoms with Crippen molar-refractivity contribution < 1.29 is 14.6 Å². The minimum Gasteiger partial charge on any atom is -0.390 e. The number of ether oxygens (including phenoxy) is 1. The summed E-state index contributed by atoms with van der Waals surface area (Å²) in [5, 5.41) is 19.9. The molecule has 196 valence electrons. The normalized spacial score (nSPS) is 44.1. The number of pyridine rings is 1. The van der Waals surface area contributed by atoms with E-state index in [1.807, 2.05) is 20.1 Å². The summed E-state index contributed by atoms with van der Waals surface area (Å²) in [5.74, 6) is 3.23. The highest BCUT2D eigenvalue weighted by atomic mass is 16.5. The van der Waals surface area contributed by atoms with Crippen molar-refractivity contribution in [3.8, 4) is 0 Å². The van der Waals surface area contributed by atoms with Crippen molar-refractivity contribution in [2.24, 2.45) is 46.3 Å². The summed E-state index contributed by atoms with van der Waals surface area (Å²) >= 11 is 0. The highest BCUT2D eigenvalue weighted by Gasteiger charge is 2.63. The van der Waals surface area contributed by atoms with Crippen molar-refractivity contribution in [3.63, 3.8) is 0 Å². The second-order valence-corrected chi connectivity index (χ2v) is 13.4. The van der Waals surface area contributed by atoms with Gasteiger partial charge in [-0.25, -0.2) is 0 Å². The van der Waals surface area contributed by atoms with Crippen LogP contribution in [0.3, 0.4) is 0 Å². The van der Waals surface area contributed by atoms with Gasteiger partial charge in [-0.05, 0) is 105 Å². The summed E-state index contributed by atoms with van der Waals surface area (Å²) in [6.07, 6.45) is 11.9. The number of aliphatic hydroxyl groups is 1. The number of carbonyl (C=O) groups excluding carboxylic acids is 1. The maximum atomic E-state index is 13.7. The molecule has 6 rings (SSSR count). The molecule has 0 radical (unpaired) electrons. The van der Waals surface area contributed by atoms with Crippen LogP contribution < -0.4 is 0 Å². The SMILES string of the molecule is COC[C@H]1C[C@H]2C[C@](C)(O)CC[C@]2(C)[C@H]2CC[C@]3(C)[C@@H](C(=O)Cn4nc5ccncc5n4)CC[C@H]3[C@H]12. The fourth-order valence-electron chi connectivity index (χ4n) is 9.65. The van der Waals surface area contributed by atoms with E-state index in [2.05, 4.69) is 29.0 Å². The van der Waals surface area contributed by atoms with Gasteiger partial charge >= 0.3 is 0 Å². The van der Waals surface area contributed by atoms with Crippen LogP contribution in [0.25, 0.3) is 11.0 Å². The van der Waals surface area contributed by atoms with E-state index in [1.54, 1.807) is 17.2 Å². The largest absolute Gasteiger partial charge is 0.390 e. The predicted molar refractivity (Wildman–Crippen MR) is 137 cm³/mol. The Morgan fingerprint density at radius 1 is 1.08 bits per heavy atom. The monoisotopic (exact) mass is 494 g/mol. The van der Waals surface area contributed by atoms with Gasteiger partial charge in [0.1, 0.15) is 17.6 Å². The van der Waals surface area contributed by atoms with Crippen LogP contribution in [0.4, 0.5) is 0 Å². The van der Waals surface area contributed by atoms with Crippen LogP contribution in [0.15, 0.2) is 18.5 Å². The fraction of sp³-hybridized carbons (Fsp3) is 0.793. The third-order valence-corrected chi connectivity index (χ3v) is 11.4. The quantitative estimate of drug-likeness (QED) is 0.649. The van der Waals surface area contributed by atoms with E-state index in [4.69, 9.17) is 4.74 Å². The molecule has 2 aromatic heterocycles. The smallest absolute Gasteiger partial charge is 0.159 e. The van der Waals surface area contributed by atoms with Gasteiger partial charge in [0, 0.05) is 25.8 Å². The van der Waals surface area contributed by atoms with E-state index < -0.39 is 5.60 Å². The lowest BCUT2D eigenvalue weighted by Gasteiger charge is -2.64. The number of ketones is 1. The molecule has 4 aliphatic rings. The first kappa shape index (κ1) is 24.5. The Labute approximate surface area is 214 Å². The van der Waals surface area contributed by atoms with E-state index in [0.717, 1.165) is 62.6 Å². The number of aromatic nitrogens is 4. The third-order valence-electron chi connectivity index (χ3n) is 11.4. The molecular formula is C29H42N4O3. The zero-order chi connectivity index (χ0) is 25.3. The molecule has 4 aliphatic carbocycles. The van der Waals surface area contributed by atoms with Crippen LogP contribution in [-0.4, -0.2) is 50.2 Å². The fourth-order valence-corrected chi connectivity index (χ4v) is 9.65. The Bertz CT molecular complexity index is 1110. The van der Waals surface area contributed by atoms with Gasteiger partial charge in [-0.15, -0.1) is 0 Å². The minimum absolute atomic E-state index is 0.0295. The van der Waals surface area contributed by atoms with Crippen LogP contribution in [0.5, 0.6) is 0 Å². The summed E-state index contributed by atoms with van der Waals surface area (Å²) in [4.78, 5) is 19.4. The van der Waals surface area contributed by atoms with E-state index in [1.165, 1.54) is 6.42 Å². The lowest BCUT2D eigenvalue weighted by atomic mass is 9.42. The van der Waals surface area contributed by atoms with Crippen LogP contribution in [0, 0.1) is 46.3 Å². The number of fused-ring (bicyclic) bond motifs is 6. The van der Waals surface area contributed by atoms with Crippen molar-refractivity contribution in [2.75, 3.05) is 13.7 Å². The molecule has 36 heavy (non-hydrogen) atoms. The molecule has 0 unspecified atom stereocenters. The zero-order valence-electron chi connectivity index (χ0n) is 22.3. The van der Waals surface area contributed by atoms with Crippen molar-refractivity contribution in [1.82, 2.24) is 20.0 Å². The number of Topliss-reactive ketones (excluding diaryl/α,β-unsaturated/α-hetero) is 1. The average Bonchev–Trinajstić information content (AvgIpc) is 3.40. The van der Waals surface area contributed by atoms with Gasteiger partial charge in [0.15, 0.2) is 5.78 Å². The molecule has 7 heteroatoms. The first-order chi connectivity index (χ1) is 17.1. The summed E-state index contributed by atoms with van der Waals surface area (Å²) in [6, 6.07) is 1.84. The van der Waals surface area contributed by atoms with Gasteiger partial charge < -0.3 is 9.84 Å². The maximum Gasteiger partial charge on any atom is 0.159 e. The Hall–Kier alpha value is -1.86. The third kappa shape index (κ3) is 3.75. The van der Waals surface area contributed by atoms with E-state index in [9.17, 15) is 9.90 Å². The number of methoxy groups -OCH3 is 1. The van der Waals surface area contributed by atoms with Crippen LogP contribution in [0.2, 0.25) is 0 Å². The topological polar surface area (TPSA) is 90.1 Å². The number of carbonyl (C=O) groups is 1. The van der Waals surface area contributed by atoms with Crippen molar-refractivity contribution in [2.45, 2.75) is 84.3 Å². The second-order valence-electron chi connectivity index (χ2n) is 13.4. The molecule has 0 amide bonds. The number of hydrogen-bond donors (Lipinski definition) is 1. The Kier molecular flexibility index (Phi) is 5.84. The molecule has 4 fully saturated rings. The van der Waals surface area contributed by atoms with E-state index in [0.29, 0.717) is 29.6 Å². The molecule has 2 aromatic rings. The van der Waals surface area contributed by atoms with E-state index in [-0.39, 0.29) is 29.1 Å². The molecule has 0 spiro atoms. The molecule has 7 nitrogen and oxygen atoms in total. The molecule has 0 aliphatic heterocycles. The summed E-state index contributed by atoms with van der Waals surface area (Å²) in [7, 11) is 1.83. The first-order valence-electron chi connectivity index (χ1n) is 14.0. The van der Waals surface area contributed by atoms with Gasteiger partial charge in [-0.2, -0.15) is 15.0 Å². The maximum absolute atomic E-state index is 13.7. The lowest BCUT2D eigenvalue weighted by Crippen LogP contribution is -2.59. The van der Waals surface area contributed by atoms with Crippen LogP contribution >= 0.6 is 0 Å².